The third-order valence-electron chi connectivity index (χ3n) is 7.10. The summed E-state index contributed by atoms with van der Waals surface area (Å²) in [6.45, 7) is 4.14. The Morgan fingerprint density at radius 3 is 2.74 bits per heavy atom. The molecule has 204 valence electrons. The molecular weight excluding hydrogens is 506 g/mol. The number of hydrogen-bond acceptors (Lipinski definition) is 6. The lowest BCUT2D eigenvalue weighted by molar-refractivity contribution is -0.131. The second-order valence-electron chi connectivity index (χ2n) is 9.57. The first-order valence-electron chi connectivity index (χ1n) is 12.1. The number of halogens is 4. The van der Waals surface area contributed by atoms with Crippen molar-refractivity contribution >= 4 is 23.4 Å². The fourth-order valence-corrected chi connectivity index (χ4v) is 4.96. The van der Waals surface area contributed by atoms with Crippen LogP contribution < -0.4 is 15.4 Å². The molecule has 2 aromatic heterocycles. The van der Waals surface area contributed by atoms with E-state index in [-0.39, 0.29) is 22.9 Å². The monoisotopic (exact) mass is 535 g/mol. The second-order valence-corrected chi connectivity index (χ2v) is 9.57. The van der Waals surface area contributed by atoms with Crippen LogP contribution in [0.15, 0.2) is 23.3 Å². The second kappa shape index (κ2) is 10.2. The number of likely N-dealkylation sites (tertiary alicyclic amines) is 1. The number of pyridine rings is 2. The number of methoxy groups -OCH3 is 1. The highest BCUT2D eigenvalue weighted by molar-refractivity contribution is 6.06. The maximum absolute atomic E-state index is 14.4. The van der Waals surface area contributed by atoms with E-state index < -0.39 is 35.1 Å². The molecule has 2 aromatic rings. The molecule has 3 N–H and O–H groups in total. The summed E-state index contributed by atoms with van der Waals surface area (Å²) >= 11 is 0. The number of nitrogens with one attached hydrogen (secondary N) is 3. The largest absolute Gasteiger partial charge is 0.481 e. The molecule has 1 fully saturated rings. The van der Waals surface area contributed by atoms with Gasteiger partial charge in [-0.1, -0.05) is 0 Å². The number of hydrogen-bond donors (Lipinski definition) is 3. The van der Waals surface area contributed by atoms with E-state index in [2.05, 4.69) is 20.3 Å². The van der Waals surface area contributed by atoms with Crippen molar-refractivity contribution in [3.63, 3.8) is 0 Å². The van der Waals surface area contributed by atoms with Crippen molar-refractivity contribution in [1.29, 1.82) is 5.41 Å². The van der Waals surface area contributed by atoms with Gasteiger partial charge in [0.1, 0.15) is 11.6 Å². The summed E-state index contributed by atoms with van der Waals surface area (Å²) in [7, 11) is 2.52. The van der Waals surface area contributed by atoms with Crippen LogP contribution in [-0.2, 0) is 11.2 Å². The maximum Gasteiger partial charge on any atom is 0.449 e. The highest BCUT2D eigenvalue weighted by Gasteiger charge is 2.43. The van der Waals surface area contributed by atoms with Gasteiger partial charge >= 0.3 is 6.18 Å². The van der Waals surface area contributed by atoms with Crippen LogP contribution in [0.3, 0.4) is 0 Å². The molecule has 0 saturated carbocycles. The van der Waals surface area contributed by atoms with Crippen LogP contribution in [0, 0.1) is 18.2 Å². The Kier molecular flexibility index (Phi) is 7.31. The Labute approximate surface area is 217 Å². The van der Waals surface area contributed by atoms with E-state index in [9.17, 15) is 22.4 Å². The third kappa shape index (κ3) is 5.27. The number of carbonyl (C=O) groups is 1. The Balaban J connectivity index is 1.50. The average Bonchev–Trinajstić information content (AvgIpc) is 3.28. The number of aryl methyl sites for hydroxylation is 2. The van der Waals surface area contributed by atoms with Gasteiger partial charge in [0, 0.05) is 37.3 Å². The lowest BCUT2D eigenvalue weighted by Gasteiger charge is -2.36. The first-order chi connectivity index (χ1) is 17.9. The van der Waals surface area contributed by atoms with Crippen LogP contribution >= 0.6 is 0 Å². The summed E-state index contributed by atoms with van der Waals surface area (Å²) in [5.41, 5.74) is 1.12. The predicted octanol–water partition coefficient (Wildman–Crippen LogP) is 3.57. The van der Waals surface area contributed by atoms with Crippen LogP contribution in [0.5, 0.6) is 5.88 Å². The molecule has 4 rings (SSSR count). The number of nitrogens with zero attached hydrogens (tertiary/aromatic N) is 4. The van der Waals surface area contributed by atoms with Gasteiger partial charge in [-0.25, -0.2) is 19.4 Å². The van der Waals surface area contributed by atoms with Gasteiger partial charge in [-0.2, -0.15) is 13.2 Å². The quantitative estimate of drug-likeness (QED) is 0.313. The number of rotatable bonds is 4. The van der Waals surface area contributed by atoms with Gasteiger partial charge in [-0.05, 0) is 44.7 Å². The molecule has 0 unspecified atom stereocenters. The molecular formula is C25H29F4N7O2. The van der Waals surface area contributed by atoms with Gasteiger partial charge in [0.05, 0.1) is 30.5 Å². The van der Waals surface area contributed by atoms with Crippen molar-refractivity contribution in [2.24, 2.45) is 4.99 Å². The summed E-state index contributed by atoms with van der Waals surface area (Å²) in [6.07, 6.45) is -1.79. The van der Waals surface area contributed by atoms with Gasteiger partial charge < -0.3 is 20.3 Å². The first kappa shape index (κ1) is 27.3. The van der Waals surface area contributed by atoms with Crippen LogP contribution in [0.25, 0.3) is 0 Å². The molecule has 9 nitrogen and oxygen atoms in total. The highest BCUT2D eigenvalue weighted by atomic mass is 19.4. The zero-order chi connectivity index (χ0) is 27.8. The SMILES string of the molecule is CN/C(=N\C(=N)c1cc2c(nc1C)N[C@@]1(CC2)CCN(C(=O)[C@H](C)c2cc(OC)ncc2F)C1)C(F)(F)F. The summed E-state index contributed by atoms with van der Waals surface area (Å²) < 4.78 is 58.6. The van der Waals surface area contributed by atoms with Gasteiger partial charge in [0.2, 0.25) is 17.6 Å². The van der Waals surface area contributed by atoms with Gasteiger partial charge in [-0.3, -0.25) is 10.2 Å². The van der Waals surface area contributed by atoms with Crippen LogP contribution in [0.4, 0.5) is 23.4 Å². The summed E-state index contributed by atoms with van der Waals surface area (Å²) in [5, 5.41) is 13.5. The lowest BCUT2D eigenvalue weighted by atomic mass is 9.86. The lowest BCUT2D eigenvalue weighted by Crippen LogP contribution is -2.46. The van der Waals surface area contributed by atoms with Crippen molar-refractivity contribution in [2.75, 3.05) is 32.6 Å². The number of amides is 1. The molecule has 38 heavy (non-hydrogen) atoms. The number of aliphatic imine (C=N–C) groups is 1. The molecule has 0 bridgehead atoms. The fourth-order valence-electron chi connectivity index (χ4n) is 4.96. The molecule has 13 heteroatoms. The van der Waals surface area contributed by atoms with Crippen molar-refractivity contribution in [3.8, 4) is 5.88 Å². The van der Waals surface area contributed by atoms with Gasteiger partial charge in [0.25, 0.3) is 0 Å². The maximum atomic E-state index is 14.4. The van der Waals surface area contributed by atoms with Crippen LogP contribution in [0.1, 0.15) is 48.1 Å². The molecule has 2 atom stereocenters. The first-order valence-corrected chi connectivity index (χ1v) is 12.1. The predicted molar refractivity (Wildman–Crippen MR) is 133 cm³/mol. The molecule has 1 spiro atoms. The van der Waals surface area contributed by atoms with E-state index in [0.717, 1.165) is 18.8 Å². The molecule has 2 aliphatic heterocycles. The van der Waals surface area contributed by atoms with Crippen molar-refractivity contribution in [2.45, 2.75) is 50.7 Å². The number of anilines is 1. The molecule has 1 amide bonds. The van der Waals surface area contributed by atoms with E-state index in [1.54, 1.807) is 24.8 Å². The minimum atomic E-state index is -4.71. The van der Waals surface area contributed by atoms with Gasteiger partial charge in [0.15, 0.2) is 5.84 Å². The van der Waals surface area contributed by atoms with Crippen LogP contribution in [-0.4, -0.2) is 71.4 Å². The molecule has 2 aliphatic rings. The number of amidine groups is 2. The van der Waals surface area contributed by atoms with Gasteiger partial charge in [-0.15, -0.1) is 0 Å². The number of ether oxygens (including phenoxy) is 1. The zero-order valence-corrected chi connectivity index (χ0v) is 21.5. The van der Waals surface area contributed by atoms with E-state index in [4.69, 9.17) is 10.1 Å². The number of alkyl halides is 3. The minimum absolute atomic E-state index is 0.211. The summed E-state index contributed by atoms with van der Waals surface area (Å²) in [5.74, 6) is -2.51. The molecule has 4 heterocycles. The Bertz CT molecular complexity index is 1300. The molecule has 1 saturated heterocycles. The van der Waals surface area contributed by atoms with Crippen molar-refractivity contribution < 1.29 is 27.1 Å². The number of carbonyl (C=O) groups excluding carboxylic acids is 1. The van der Waals surface area contributed by atoms with E-state index >= 15 is 0 Å². The highest BCUT2D eigenvalue weighted by Crippen LogP contribution is 2.38. The van der Waals surface area contributed by atoms with Crippen molar-refractivity contribution in [3.05, 3.63) is 46.5 Å². The summed E-state index contributed by atoms with van der Waals surface area (Å²) in [6, 6.07) is 3.07. The smallest absolute Gasteiger partial charge is 0.449 e. The average molecular weight is 536 g/mol. The number of aromatic nitrogens is 2. The topological polar surface area (TPSA) is 116 Å². The van der Waals surface area contributed by atoms with Crippen LogP contribution in [0.2, 0.25) is 0 Å². The zero-order valence-electron chi connectivity index (χ0n) is 21.5. The minimum Gasteiger partial charge on any atom is -0.481 e. The Morgan fingerprint density at radius 1 is 1.34 bits per heavy atom. The van der Waals surface area contributed by atoms with E-state index in [0.29, 0.717) is 43.9 Å². The summed E-state index contributed by atoms with van der Waals surface area (Å²) in [4.78, 5) is 26.8. The number of fused-ring (bicyclic) bond motifs is 1. The molecule has 0 aromatic carbocycles. The van der Waals surface area contributed by atoms with Crippen molar-refractivity contribution in [1.82, 2.24) is 20.2 Å². The van der Waals surface area contributed by atoms with E-state index in [1.807, 2.05) is 5.32 Å². The Morgan fingerprint density at radius 2 is 2.08 bits per heavy atom. The molecule has 0 radical (unpaired) electrons. The standard InChI is InChI=1S/C25H29F4N7O2/c1-13(16-10-19(38-4)32-11-18(16)26)22(37)36-8-7-24(12-36)6-5-15-9-17(14(2)33-21(15)35-24)20(30)34-23(31-3)25(27,28)29/h9-11,13H,5-8,12H2,1-4H3,(H,33,35)(H2,30,31,34)/t13-,24+/m1/s1. The fraction of sp³-hybridized carbons (Fsp3) is 0.480. The Hall–Kier alpha value is -3.77. The third-order valence-corrected chi connectivity index (χ3v) is 7.10. The van der Waals surface area contributed by atoms with E-state index in [1.165, 1.54) is 13.2 Å². The normalized spacial score (nSPS) is 20.1. The molecule has 0 aliphatic carbocycles.